The molecule has 1 aromatic heterocycles. The van der Waals surface area contributed by atoms with Crippen LogP contribution < -0.4 is 0 Å². The number of carbonyl (C=O) groups is 1. The number of ether oxygens (including phenoxy) is 1. The fourth-order valence-corrected chi connectivity index (χ4v) is 1.90. The highest BCUT2D eigenvalue weighted by Crippen LogP contribution is 2.27. The first-order chi connectivity index (χ1) is 9.45. The highest BCUT2D eigenvalue weighted by atomic mass is 19.1. The molecule has 0 spiro atoms. The zero-order chi connectivity index (χ0) is 14.9. The second-order valence-electron chi connectivity index (χ2n) is 4.16. The van der Waals surface area contributed by atoms with Crippen molar-refractivity contribution in [3.05, 3.63) is 41.1 Å². The van der Waals surface area contributed by atoms with Crippen molar-refractivity contribution in [2.75, 3.05) is 7.11 Å². The van der Waals surface area contributed by atoms with E-state index >= 15 is 0 Å². The third kappa shape index (κ3) is 2.39. The van der Waals surface area contributed by atoms with Gasteiger partial charge in [-0.15, -0.1) is 0 Å². The number of hydrogen-bond donors (Lipinski definition) is 1. The Kier molecular flexibility index (Phi) is 3.80. The molecule has 0 saturated heterocycles. The van der Waals surface area contributed by atoms with Crippen LogP contribution in [0.1, 0.15) is 16.1 Å². The molecule has 7 heteroatoms. The van der Waals surface area contributed by atoms with Gasteiger partial charge >= 0.3 is 5.97 Å². The maximum atomic E-state index is 14.3. The first-order valence-electron chi connectivity index (χ1n) is 5.69. The molecule has 0 aliphatic rings. The number of benzene rings is 1. The van der Waals surface area contributed by atoms with E-state index in [4.69, 9.17) is 9.84 Å². The number of methoxy groups -OCH3 is 1. The smallest absolute Gasteiger partial charge is 0.356 e. The van der Waals surface area contributed by atoms with E-state index in [1.807, 2.05) is 0 Å². The van der Waals surface area contributed by atoms with Gasteiger partial charge in [-0.25, -0.2) is 13.6 Å². The summed E-state index contributed by atoms with van der Waals surface area (Å²) in [4.78, 5) is 10.9. The van der Waals surface area contributed by atoms with Crippen LogP contribution in [-0.4, -0.2) is 28.0 Å². The van der Waals surface area contributed by atoms with Crippen molar-refractivity contribution in [1.82, 2.24) is 9.78 Å². The van der Waals surface area contributed by atoms with Gasteiger partial charge in [0, 0.05) is 25.3 Å². The van der Waals surface area contributed by atoms with Crippen molar-refractivity contribution in [3.8, 4) is 11.3 Å². The lowest BCUT2D eigenvalue weighted by Crippen LogP contribution is -2.02. The van der Waals surface area contributed by atoms with E-state index in [0.29, 0.717) is 0 Å². The predicted molar refractivity (Wildman–Crippen MR) is 66.2 cm³/mol. The molecule has 2 aromatic rings. The maximum Gasteiger partial charge on any atom is 0.356 e. The molecule has 0 bridgehead atoms. The number of rotatable bonds is 4. The van der Waals surface area contributed by atoms with E-state index in [0.717, 1.165) is 6.07 Å². The average molecular weight is 282 g/mol. The van der Waals surface area contributed by atoms with E-state index in [1.165, 1.54) is 31.0 Å². The molecule has 0 fully saturated rings. The monoisotopic (exact) mass is 282 g/mol. The topological polar surface area (TPSA) is 64.3 Å². The number of aromatic carboxylic acids is 1. The van der Waals surface area contributed by atoms with Crippen molar-refractivity contribution in [2.45, 2.75) is 6.61 Å². The van der Waals surface area contributed by atoms with Gasteiger partial charge in [-0.05, 0) is 18.2 Å². The normalized spacial score (nSPS) is 10.8. The second-order valence-corrected chi connectivity index (χ2v) is 4.16. The van der Waals surface area contributed by atoms with Crippen molar-refractivity contribution >= 4 is 5.97 Å². The Hall–Kier alpha value is -2.28. The van der Waals surface area contributed by atoms with Crippen LogP contribution in [0.25, 0.3) is 11.3 Å². The molecule has 106 valence electrons. The molecule has 2 rings (SSSR count). The van der Waals surface area contributed by atoms with E-state index in [-0.39, 0.29) is 29.1 Å². The van der Waals surface area contributed by atoms with Crippen LogP contribution in [0.3, 0.4) is 0 Å². The van der Waals surface area contributed by atoms with E-state index in [9.17, 15) is 13.6 Å². The average Bonchev–Trinajstić information content (AvgIpc) is 2.77. The fraction of sp³-hybridized carbons (Fsp3) is 0.231. The number of hydrogen-bond acceptors (Lipinski definition) is 3. The molecule has 0 radical (unpaired) electrons. The zero-order valence-electron chi connectivity index (χ0n) is 10.9. The Morgan fingerprint density at radius 2 is 2.15 bits per heavy atom. The Balaban J connectivity index is 2.58. The lowest BCUT2D eigenvalue weighted by Gasteiger charge is -2.09. The quantitative estimate of drug-likeness (QED) is 0.933. The van der Waals surface area contributed by atoms with Gasteiger partial charge in [-0.3, -0.25) is 4.68 Å². The standard InChI is InChI=1S/C13H12F2N2O3/c1-17-11(5-10(16-17)13(18)19)7-3-4-9(14)8(6-20-2)12(7)15/h3-5H,6H2,1-2H3,(H,18,19). The minimum atomic E-state index is -1.22. The first kappa shape index (κ1) is 14.1. The van der Waals surface area contributed by atoms with E-state index in [2.05, 4.69) is 5.10 Å². The number of halogens is 2. The fourth-order valence-electron chi connectivity index (χ4n) is 1.90. The van der Waals surface area contributed by atoms with Gasteiger partial charge in [0.25, 0.3) is 0 Å². The Morgan fingerprint density at radius 1 is 1.45 bits per heavy atom. The summed E-state index contributed by atoms with van der Waals surface area (Å²) in [7, 11) is 2.82. The van der Waals surface area contributed by atoms with Crippen LogP contribution in [0.4, 0.5) is 8.78 Å². The summed E-state index contributed by atoms with van der Waals surface area (Å²) in [6, 6.07) is 3.59. The summed E-state index contributed by atoms with van der Waals surface area (Å²) in [5.74, 6) is -2.72. The second kappa shape index (κ2) is 5.38. The Bertz CT molecular complexity index is 668. The summed E-state index contributed by atoms with van der Waals surface area (Å²) >= 11 is 0. The molecule has 1 aromatic carbocycles. The molecule has 0 unspecified atom stereocenters. The number of carboxylic acids is 1. The number of aryl methyl sites for hydroxylation is 1. The summed E-state index contributed by atoms with van der Waals surface area (Å²) in [5.41, 5.74) is -0.0965. The van der Waals surface area contributed by atoms with Gasteiger partial charge in [-0.1, -0.05) is 0 Å². The van der Waals surface area contributed by atoms with E-state index in [1.54, 1.807) is 0 Å². The summed E-state index contributed by atoms with van der Waals surface area (Å²) in [6.07, 6.45) is 0. The predicted octanol–water partition coefficient (Wildman–Crippen LogP) is 2.21. The van der Waals surface area contributed by atoms with Crippen LogP contribution in [0.15, 0.2) is 18.2 Å². The number of carboxylic acid groups (broad SMARTS) is 1. The van der Waals surface area contributed by atoms with Gasteiger partial charge in [-0.2, -0.15) is 5.10 Å². The molecular formula is C13H12F2N2O3. The van der Waals surface area contributed by atoms with Gasteiger partial charge < -0.3 is 9.84 Å². The lowest BCUT2D eigenvalue weighted by molar-refractivity contribution is 0.0689. The van der Waals surface area contributed by atoms with Gasteiger partial charge in [0.2, 0.25) is 0 Å². The molecule has 0 saturated carbocycles. The molecule has 20 heavy (non-hydrogen) atoms. The molecule has 0 aliphatic carbocycles. The van der Waals surface area contributed by atoms with Gasteiger partial charge in [0.1, 0.15) is 11.6 Å². The van der Waals surface area contributed by atoms with Crippen molar-refractivity contribution in [2.24, 2.45) is 7.05 Å². The van der Waals surface area contributed by atoms with Crippen LogP contribution in [0.5, 0.6) is 0 Å². The number of aromatic nitrogens is 2. The maximum absolute atomic E-state index is 14.3. The van der Waals surface area contributed by atoms with Crippen LogP contribution in [-0.2, 0) is 18.4 Å². The van der Waals surface area contributed by atoms with E-state index < -0.39 is 17.6 Å². The molecule has 5 nitrogen and oxygen atoms in total. The Labute approximate surface area is 113 Å². The van der Waals surface area contributed by atoms with Crippen LogP contribution in [0.2, 0.25) is 0 Å². The minimum absolute atomic E-state index is 0.0703. The summed E-state index contributed by atoms with van der Waals surface area (Å²) in [5, 5.41) is 12.6. The minimum Gasteiger partial charge on any atom is -0.476 e. The largest absolute Gasteiger partial charge is 0.476 e. The third-order valence-corrected chi connectivity index (χ3v) is 2.85. The molecule has 1 heterocycles. The summed E-state index contributed by atoms with van der Waals surface area (Å²) < 4.78 is 33.8. The molecular weight excluding hydrogens is 270 g/mol. The van der Waals surface area contributed by atoms with Gasteiger partial charge in [0.15, 0.2) is 5.69 Å². The molecule has 0 aliphatic heterocycles. The zero-order valence-corrected chi connectivity index (χ0v) is 10.9. The number of nitrogens with zero attached hydrogens (tertiary/aromatic N) is 2. The highest BCUT2D eigenvalue weighted by molar-refractivity contribution is 5.87. The lowest BCUT2D eigenvalue weighted by atomic mass is 10.1. The van der Waals surface area contributed by atoms with Crippen molar-refractivity contribution in [1.29, 1.82) is 0 Å². The van der Waals surface area contributed by atoms with Gasteiger partial charge in [0.05, 0.1) is 12.3 Å². The van der Waals surface area contributed by atoms with Crippen LogP contribution >= 0.6 is 0 Å². The first-order valence-corrected chi connectivity index (χ1v) is 5.69. The van der Waals surface area contributed by atoms with Crippen molar-refractivity contribution < 1.29 is 23.4 Å². The summed E-state index contributed by atoms with van der Waals surface area (Å²) in [6.45, 7) is -0.213. The molecule has 0 amide bonds. The molecule has 0 atom stereocenters. The van der Waals surface area contributed by atoms with Crippen LogP contribution in [0, 0.1) is 11.6 Å². The highest BCUT2D eigenvalue weighted by Gasteiger charge is 2.19. The SMILES string of the molecule is COCc1c(F)ccc(-c2cc(C(=O)O)nn2C)c1F. The third-order valence-electron chi connectivity index (χ3n) is 2.85. The molecule has 1 N–H and O–H groups in total. The Morgan fingerprint density at radius 3 is 2.70 bits per heavy atom. The van der Waals surface area contributed by atoms with Crippen molar-refractivity contribution in [3.63, 3.8) is 0 Å².